The summed E-state index contributed by atoms with van der Waals surface area (Å²) in [5.41, 5.74) is 2.60. The molecule has 140 valence electrons. The molecule has 4 rings (SSSR count). The molecule has 0 N–H and O–H groups in total. The van der Waals surface area contributed by atoms with Crippen molar-refractivity contribution in [2.24, 2.45) is 5.92 Å². The molecule has 1 fully saturated rings. The van der Waals surface area contributed by atoms with Crippen LogP contribution in [0, 0.1) is 11.7 Å². The Hall–Kier alpha value is -2.69. The zero-order valence-electron chi connectivity index (χ0n) is 15.4. The van der Waals surface area contributed by atoms with Crippen molar-refractivity contribution in [3.8, 4) is 0 Å². The lowest BCUT2D eigenvalue weighted by atomic mass is 9.94. The van der Waals surface area contributed by atoms with Crippen LogP contribution in [-0.2, 0) is 11.2 Å². The van der Waals surface area contributed by atoms with Crippen LogP contribution in [-0.4, -0.2) is 35.8 Å². The average Bonchev–Trinajstić information content (AvgIpc) is 3.02. The summed E-state index contributed by atoms with van der Waals surface area (Å²) in [6.07, 6.45) is 2.18. The van der Waals surface area contributed by atoms with Crippen LogP contribution in [0.2, 0.25) is 0 Å². The molecule has 0 spiro atoms. The van der Waals surface area contributed by atoms with Gasteiger partial charge >= 0.3 is 0 Å². The van der Waals surface area contributed by atoms with Crippen molar-refractivity contribution in [1.82, 2.24) is 4.90 Å². The summed E-state index contributed by atoms with van der Waals surface area (Å²) in [4.78, 5) is 29.4. The van der Waals surface area contributed by atoms with Gasteiger partial charge < -0.3 is 9.80 Å². The van der Waals surface area contributed by atoms with E-state index in [0.29, 0.717) is 31.5 Å². The number of piperidine rings is 1. The van der Waals surface area contributed by atoms with E-state index in [-0.39, 0.29) is 23.8 Å². The first kappa shape index (κ1) is 17.7. The Morgan fingerprint density at radius 2 is 1.78 bits per heavy atom. The van der Waals surface area contributed by atoms with Crippen LogP contribution >= 0.6 is 0 Å². The van der Waals surface area contributed by atoms with E-state index in [1.807, 2.05) is 23.1 Å². The maximum absolute atomic E-state index is 13.4. The second-order valence-corrected chi connectivity index (χ2v) is 7.47. The van der Waals surface area contributed by atoms with Crippen LogP contribution in [0.15, 0.2) is 48.5 Å². The molecular formula is C22H23FN2O2. The molecular weight excluding hydrogens is 343 g/mol. The smallest absolute Gasteiger partial charge is 0.253 e. The van der Waals surface area contributed by atoms with Gasteiger partial charge in [0.1, 0.15) is 5.82 Å². The largest absolute Gasteiger partial charge is 0.339 e. The fourth-order valence-corrected chi connectivity index (χ4v) is 4.23. The number of para-hydroxylation sites is 1. The summed E-state index contributed by atoms with van der Waals surface area (Å²) in [6, 6.07) is 14.0. The Bertz CT molecular complexity index is 874. The quantitative estimate of drug-likeness (QED) is 0.814. The number of fused-ring (bicyclic) bond motifs is 1. The van der Waals surface area contributed by atoms with Crippen molar-refractivity contribution in [1.29, 1.82) is 0 Å². The summed E-state index contributed by atoms with van der Waals surface area (Å²) in [7, 11) is 0. The minimum atomic E-state index is -0.410. The van der Waals surface area contributed by atoms with E-state index >= 15 is 0 Å². The number of benzene rings is 2. The van der Waals surface area contributed by atoms with Crippen LogP contribution in [0.25, 0.3) is 0 Å². The number of carbonyl (C=O) groups is 2. The van der Waals surface area contributed by atoms with Gasteiger partial charge in [-0.3, -0.25) is 9.59 Å². The van der Waals surface area contributed by atoms with Gasteiger partial charge in [0.25, 0.3) is 5.91 Å². The number of anilines is 1. The Labute approximate surface area is 158 Å². The number of halogens is 1. The Kier molecular flexibility index (Phi) is 4.68. The van der Waals surface area contributed by atoms with Gasteiger partial charge in [-0.25, -0.2) is 4.39 Å². The molecule has 2 aromatic rings. The first-order valence-corrected chi connectivity index (χ1v) is 9.50. The van der Waals surface area contributed by atoms with Gasteiger partial charge in [-0.2, -0.15) is 0 Å². The van der Waals surface area contributed by atoms with Crippen LogP contribution in [0.3, 0.4) is 0 Å². The topological polar surface area (TPSA) is 40.6 Å². The molecule has 2 aliphatic rings. The van der Waals surface area contributed by atoms with Gasteiger partial charge in [-0.15, -0.1) is 0 Å². The highest BCUT2D eigenvalue weighted by atomic mass is 19.1. The highest BCUT2D eigenvalue weighted by Crippen LogP contribution is 2.34. The molecule has 1 atom stereocenters. The average molecular weight is 366 g/mol. The Morgan fingerprint density at radius 3 is 2.52 bits per heavy atom. The van der Waals surface area contributed by atoms with Gasteiger partial charge in [0.05, 0.1) is 0 Å². The van der Waals surface area contributed by atoms with Crippen molar-refractivity contribution < 1.29 is 14.0 Å². The molecule has 1 saturated heterocycles. The van der Waals surface area contributed by atoms with Crippen LogP contribution < -0.4 is 4.90 Å². The third kappa shape index (κ3) is 3.34. The molecule has 2 aromatic carbocycles. The Morgan fingerprint density at radius 1 is 1.04 bits per heavy atom. The molecule has 0 aliphatic carbocycles. The maximum Gasteiger partial charge on any atom is 0.253 e. The number of hydrogen-bond acceptors (Lipinski definition) is 2. The standard InChI is InChI=1S/C22H23FN2O2/c1-15-13-17-5-2-3-8-20(17)25(15)22(27)16-9-11-24(12-10-16)21(26)18-6-4-7-19(23)14-18/h2-8,14-16H,9-13H2,1H3/t15-/m1/s1. The van der Waals surface area contributed by atoms with Crippen molar-refractivity contribution >= 4 is 17.5 Å². The molecule has 2 aliphatic heterocycles. The number of carbonyl (C=O) groups excluding carboxylic acids is 2. The monoisotopic (exact) mass is 366 g/mol. The first-order valence-electron chi connectivity index (χ1n) is 9.50. The highest BCUT2D eigenvalue weighted by Gasteiger charge is 2.36. The van der Waals surface area contributed by atoms with E-state index in [4.69, 9.17) is 0 Å². The SMILES string of the molecule is C[C@@H]1Cc2ccccc2N1C(=O)C1CCN(C(=O)c2cccc(F)c2)CC1. The number of nitrogens with zero attached hydrogens (tertiary/aromatic N) is 2. The minimum absolute atomic E-state index is 0.0739. The second-order valence-electron chi connectivity index (χ2n) is 7.47. The van der Waals surface area contributed by atoms with Gasteiger partial charge in [0.15, 0.2) is 0 Å². The van der Waals surface area contributed by atoms with Crippen molar-refractivity contribution in [2.45, 2.75) is 32.2 Å². The third-order valence-corrected chi connectivity index (χ3v) is 5.65. The number of rotatable bonds is 2. The van der Waals surface area contributed by atoms with Gasteiger partial charge in [0, 0.05) is 36.3 Å². The molecule has 2 heterocycles. The van der Waals surface area contributed by atoms with E-state index < -0.39 is 5.82 Å². The summed E-state index contributed by atoms with van der Waals surface area (Å²) in [6.45, 7) is 3.13. The van der Waals surface area contributed by atoms with Crippen molar-refractivity contribution in [2.75, 3.05) is 18.0 Å². The summed E-state index contributed by atoms with van der Waals surface area (Å²) in [5.74, 6) is -0.492. The Balaban J connectivity index is 1.42. The number of likely N-dealkylation sites (tertiary alicyclic amines) is 1. The van der Waals surface area contributed by atoms with E-state index in [2.05, 4.69) is 13.0 Å². The fourth-order valence-electron chi connectivity index (χ4n) is 4.23. The highest BCUT2D eigenvalue weighted by molar-refractivity contribution is 5.98. The molecule has 0 unspecified atom stereocenters. The lowest BCUT2D eigenvalue weighted by molar-refractivity contribution is -0.124. The van der Waals surface area contributed by atoms with Crippen LogP contribution in [0.4, 0.5) is 10.1 Å². The van der Waals surface area contributed by atoms with Gasteiger partial charge in [-0.1, -0.05) is 24.3 Å². The van der Waals surface area contributed by atoms with E-state index in [0.717, 1.165) is 12.1 Å². The van der Waals surface area contributed by atoms with Crippen LogP contribution in [0.1, 0.15) is 35.7 Å². The minimum Gasteiger partial charge on any atom is -0.339 e. The maximum atomic E-state index is 13.4. The molecule has 2 amide bonds. The summed E-state index contributed by atoms with van der Waals surface area (Å²) in [5, 5.41) is 0. The predicted octanol–water partition coefficient (Wildman–Crippen LogP) is 3.66. The normalized spacial score (nSPS) is 19.9. The molecule has 0 saturated carbocycles. The zero-order valence-corrected chi connectivity index (χ0v) is 15.4. The molecule has 5 heteroatoms. The van der Waals surface area contributed by atoms with Crippen molar-refractivity contribution in [3.63, 3.8) is 0 Å². The second kappa shape index (κ2) is 7.14. The van der Waals surface area contributed by atoms with E-state index in [1.54, 1.807) is 17.0 Å². The van der Waals surface area contributed by atoms with Crippen molar-refractivity contribution in [3.05, 3.63) is 65.5 Å². The predicted molar refractivity (Wildman–Crippen MR) is 102 cm³/mol. The van der Waals surface area contributed by atoms with E-state index in [1.165, 1.54) is 17.7 Å². The number of amides is 2. The lowest BCUT2D eigenvalue weighted by Gasteiger charge is -2.34. The molecule has 0 radical (unpaired) electrons. The molecule has 0 aromatic heterocycles. The summed E-state index contributed by atoms with van der Waals surface area (Å²) >= 11 is 0. The van der Waals surface area contributed by atoms with Gasteiger partial charge in [-0.05, 0) is 56.0 Å². The zero-order chi connectivity index (χ0) is 19.0. The molecule has 27 heavy (non-hydrogen) atoms. The van der Waals surface area contributed by atoms with E-state index in [9.17, 15) is 14.0 Å². The molecule has 0 bridgehead atoms. The van der Waals surface area contributed by atoms with Crippen LogP contribution in [0.5, 0.6) is 0 Å². The first-order chi connectivity index (χ1) is 13.0. The summed E-state index contributed by atoms with van der Waals surface area (Å²) < 4.78 is 13.4. The lowest BCUT2D eigenvalue weighted by Crippen LogP contribution is -2.46. The third-order valence-electron chi connectivity index (χ3n) is 5.65. The molecule has 4 nitrogen and oxygen atoms in total. The number of hydrogen-bond donors (Lipinski definition) is 0. The van der Waals surface area contributed by atoms with Gasteiger partial charge in [0.2, 0.25) is 5.91 Å². The fraction of sp³-hybridized carbons (Fsp3) is 0.364.